The number of methoxy groups -OCH3 is 2. The van der Waals surface area contributed by atoms with E-state index in [1.165, 1.54) is 14.2 Å². The predicted octanol–water partition coefficient (Wildman–Crippen LogP) is 1.32. The topological polar surface area (TPSA) is 47.5 Å². The number of halogens is 1. The highest BCUT2D eigenvalue weighted by Gasteiger charge is 2.01. The van der Waals surface area contributed by atoms with Gasteiger partial charge in [0.25, 0.3) is 0 Å². The van der Waals surface area contributed by atoms with Crippen LogP contribution >= 0.6 is 11.6 Å². The maximum absolute atomic E-state index is 5.53. The molecule has 5 nitrogen and oxygen atoms in total. The zero-order valence-corrected chi connectivity index (χ0v) is 10.4. The van der Waals surface area contributed by atoms with E-state index in [-0.39, 0.29) is 5.28 Å². The van der Waals surface area contributed by atoms with Gasteiger partial charge >= 0.3 is 0 Å². The van der Waals surface area contributed by atoms with Crippen LogP contribution in [0.15, 0.2) is 6.07 Å². The van der Waals surface area contributed by atoms with Gasteiger partial charge in [0.05, 0.1) is 20.3 Å². The molecule has 0 aliphatic carbocycles. The van der Waals surface area contributed by atoms with Gasteiger partial charge in [0.1, 0.15) is 0 Å². The molecule has 0 fully saturated rings. The first kappa shape index (κ1) is 13.9. The molecule has 0 atom stereocenters. The minimum atomic E-state index is 0.112. The lowest BCUT2D eigenvalue weighted by atomic mass is 10.6. The molecule has 86 valence electrons. The first-order chi connectivity index (χ1) is 6.99. The summed E-state index contributed by atoms with van der Waals surface area (Å²) in [5.41, 5.74) is 0. The van der Waals surface area contributed by atoms with Crippen LogP contribution in [0, 0.1) is 0 Å². The van der Waals surface area contributed by atoms with Crippen LogP contribution in [-0.2, 0) is 0 Å². The van der Waals surface area contributed by atoms with Crippen molar-refractivity contribution in [2.24, 2.45) is 0 Å². The molecule has 6 heteroatoms. The van der Waals surface area contributed by atoms with Crippen LogP contribution in [0.2, 0.25) is 5.28 Å². The quantitative estimate of drug-likeness (QED) is 0.722. The second-order valence-corrected chi connectivity index (χ2v) is 3.40. The molecule has 0 saturated heterocycles. The van der Waals surface area contributed by atoms with Crippen molar-refractivity contribution in [3.05, 3.63) is 11.3 Å². The third-order valence-corrected chi connectivity index (χ3v) is 1.24. The van der Waals surface area contributed by atoms with E-state index in [0.29, 0.717) is 11.8 Å². The maximum Gasteiger partial charge on any atom is 0.228 e. The van der Waals surface area contributed by atoms with E-state index in [1.807, 2.05) is 26.0 Å². The summed E-state index contributed by atoms with van der Waals surface area (Å²) < 4.78 is 9.64. The molecule has 1 rings (SSSR count). The lowest BCUT2D eigenvalue weighted by Crippen LogP contribution is -1.99. The first-order valence-electron chi connectivity index (χ1n) is 4.23. The molecular weight excluding hydrogens is 218 g/mol. The Hall–Kier alpha value is -1.07. The zero-order valence-electron chi connectivity index (χ0n) is 9.61. The van der Waals surface area contributed by atoms with Crippen LogP contribution < -0.4 is 9.47 Å². The average molecular weight is 234 g/mol. The SMILES string of the molecule is CN(C)C.COc1cc(OC)nc(Cl)n1. The standard InChI is InChI=1S/C6H7ClN2O2.C3H9N/c1-10-4-3-5(11-2)9-6(7)8-4;1-4(2)3/h3H,1-2H3;1-3H3. The van der Waals surface area contributed by atoms with E-state index >= 15 is 0 Å². The van der Waals surface area contributed by atoms with Crippen molar-refractivity contribution in [1.82, 2.24) is 14.9 Å². The fourth-order valence-electron chi connectivity index (χ4n) is 0.586. The summed E-state index contributed by atoms with van der Waals surface area (Å²) in [6, 6.07) is 1.55. The third kappa shape index (κ3) is 6.93. The second-order valence-electron chi connectivity index (χ2n) is 3.06. The Labute approximate surface area is 95.0 Å². The Morgan fingerprint density at radius 1 is 1.07 bits per heavy atom. The van der Waals surface area contributed by atoms with E-state index in [4.69, 9.17) is 21.1 Å². The summed E-state index contributed by atoms with van der Waals surface area (Å²) >= 11 is 5.53. The fraction of sp³-hybridized carbons (Fsp3) is 0.556. The third-order valence-electron chi connectivity index (χ3n) is 1.07. The molecule has 0 saturated carbocycles. The number of aromatic nitrogens is 2. The Bertz CT molecular complexity index is 270. The van der Waals surface area contributed by atoms with Crippen LogP contribution in [0.5, 0.6) is 11.8 Å². The van der Waals surface area contributed by atoms with Gasteiger partial charge in [-0.3, -0.25) is 0 Å². The lowest BCUT2D eigenvalue weighted by molar-refractivity contribution is 0.372. The molecule has 1 heterocycles. The first-order valence-corrected chi connectivity index (χ1v) is 4.61. The normalized spacial score (nSPS) is 9.27. The Balaban J connectivity index is 0.000000423. The molecule has 15 heavy (non-hydrogen) atoms. The van der Waals surface area contributed by atoms with Gasteiger partial charge < -0.3 is 14.4 Å². The summed E-state index contributed by atoms with van der Waals surface area (Å²) in [6.07, 6.45) is 0. The molecule has 1 aromatic rings. The highest BCUT2D eigenvalue weighted by molar-refractivity contribution is 6.28. The van der Waals surface area contributed by atoms with Gasteiger partial charge in [-0.25, -0.2) is 0 Å². The van der Waals surface area contributed by atoms with Crippen LogP contribution in [0.3, 0.4) is 0 Å². The monoisotopic (exact) mass is 233 g/mol. The smallest absolute Gasteiger partial charge is 0.228 e. The number of nitrogens with zero attached hydrogens (tertiary/aromatic N) is 3. The van der Waals surface area contributed by atoms with Crippen molar-refractivity contribution in [3.63, 3.8) is 0 Å². The molecule has 0 aliphatic rings. The van der Waals surface area contributed by atoms with Crippen molar-refractivity contribution in [1.29, 1.82) is 0 Å². The van der Waals surface area contributed by atoms with Crippen molar-refractivity contribution >= 4 is 11.6 Å². The van der Waals surface area contributed by atoms with E-state index in [2.05, 4.69) is 9.97 Å². The number of hydrogen-bond acceptors (Lipinski definition) is 5. The second kappa shape index (κ2) is 7.25. The van der Waals surface area contributed by atoms with Gasteiger partial charge in [-0.05, 0) is 32.7 Å². The van der Waals surface area contributed by atoms with E-state index in [9.17, 15) is 0 Å². The molecule has 0 spiro atoms. The van der Waals surface area contributed by atoms with Gasteiger partial charge in [-0.2, -0.15) is 9.97 Å². The van der Waals surface area contributed by atoms with Crippen molar-refractivity contribution in [2.75, 3.05) is 35.4 Å². The molecule has 1 aromatic heterocycles. The number of hydrogen-bond donors (Lipinski definition) is 0. The fourth-order valence-corrected chi connectivity index (χ4v) is 0.753. The Morgan fingerprint density at radius 2 is 1.40 bits per heavy atom. The Kier molecular flexibility index (Phi) is 6.73. The summed E-state index contributed by atoms with van der Waals surface area (Å²) in [5, 5.41) is 0.112. The maximum atomic E-state index is 5.53. The van der Waals surface area contributed by atoms with E-state index in [0.717, 1.165) is 0 Å². The molecular formula is C9H16ClN3O2. The summed E-state index contributed by atoms with van der Waals surface area (Å²) in [7, 11) is 9.00. The van der Waals surface area contributed by atoms with Gasteiger partial charge in [0, 0.05) is 0 Å². The minimum Gasteiger partial charge on any atom is -0.481 e. The highest BCUT2D eigenvalue weighted by Crippen LogP contribution is 2.16. The molecule has 0 unspecified atom stereocenters. The van der Waals surface area contributed by atoms with Gasteiger partial charge in [0.2, 0.25) is 17.0 Å². The van der Waals surface area contributed by atoms with Crippen molar-refractivity contribution in [2.45, 2.75) is 0 Å². The molecule has 0 bridgehead atoms. The van der Waals surface area contributed by atoms with Crippen molar-refractivity contribution < 1.29 is 9.47 Å². The number of ether oxygens (including phenoxy) is 2. The molecule has 0 amide bonds. The number of rotatable bonds is 2. The summed E-state index contributed by atoms with van der Waals surface area (Å²) in [6.45, 7) is 0. The zero-order chi connectivity index (χ0) is 11.8. The average Bonchev–Trinajstić information content (AvgIpc) is 2.15. The lowest BCUT2D eigenvalue weighted by Gasteiger charge is -2.01. The highest BCUT2D eigenvalue weighted by atomic mass is 35.5. The minimum absolute atomic E-state index is 0.112. The van der Waals surface area contributed by atoms with Gasteiger partial charge in [0.15, 0.2) is 0 Å². The van der Waals surface area contributed by atoms with Gasteiger partial charge in [-0.15, -0.1) is 0 Å². The molecule has 0 radical (unpaired) electrons. The molecule has 0 aliphatic heterocycles. The van der Waals surface area contributed by atoms with Crippen LogP contribution in [0.4, 0.5) is 0 Å². The van der Waals surface area contributed by atoms with Crippen LogP contribution in [0.25, 0.3) is 0 Å². The largest absolute Gasteiger partial charge is 0.481 e. The Morgan fingerprint density at radius 3 is 1.67 bits per heavy atom. The van der Waals surface area contributed by atoms with Gasteiger partial charge in [-0.1, -0.05) is 0 Å². The predicted molar refractivity (Wildman–Crippen MR) is 59.8 cm³/mol. The van der Waals surface area contributed by atoms with Crippen LogP contribution in [0.1, 0.15) is 0 Å². The van der Waals surface area contributed by atoms with Crippen LogP contribution in [-0.4, -0.2) is 50.2 Å². The molecule has 0 aromatic carbocycles. The summed E-state index contributed by atoms with van der Waals surface area (Å²) in [5.74, 6) is 0.781. The summed E-state index contributed by atoms with van der Waals surface area (Å²) in [4.78, 5) is 9.50. The molecule has 0 N–H and O–H groups in total. The van der Waals surface area contributed by atoms with E-state index in [1.54, 1.807) is 6.07 Å². The van der Waals surface area contributed by atoms with Crippen molar-refractivity contribution in [3.8, 4) is 11.8 Å². The van der Waals surface area contributed by atoms with E-state index < -0.39 is 0 Å².